The maximum absolute atomic E-state index is 9.55. The largest absolute Gasteiger partial charge is 0.450 e. The van der Waals surface area contributed by atoms with Gasteiger partial charge in [-0.3, -0.25) is 0 Å². The number of hydrogen-bond acceptors (Lipinski definition) is 5. The lowest BCUT2D eigenvalue weighted by molar-refractivity contribution is 0.271. The highest BCUT2D eigenvalue weighted by Gasteiger charge is 2.18. The number of nitrogens with one attached hydrogen (secondary N) is 1. The zero-order valence-corrected chi connectivity index (χ0v) is 13.9. The summed E-state index contributed by atoms with van der Waals surface area (Å²) in [5.41, 5.74) is 3.11. The van der Waals surface area contributed by atoms with Crippen LogP contribution >= 0.6 is 0 Å². The van der Waals surface area contributed by atoms with Crippen molar-refractivity contribution in [2.75, 3.05) is 11.9 Å². The summed E-state index contributed by atoms with van der Waals surface area (Å²) < 4.78 is 6.00. The quantitative estimate of drug-likeness (QED) is 0.572. The molecule has 5 nitrogen and oxygen atoms in total. The second-order valence-electron chi connectivity index (χ2n) is 5.97. The Labute approximate surface area is 145 Å². The molecule has 4 rings (SSSR count). The van der Waals surface area contributed by atoms with Gasteiger partial charge in [0.1, 0.15) is 11.1 Å². The maximum atomic E-state index is 9.55. The number of aliphatic hydroxyl groups is 1. The molecule has 126 valence electrons. The molecule has 0 fully saturated rings. The zero-order chi connectivity index (χ0) is 17.2. The lowest BCUT2D eigenvalue weighted by Gasteiger charge is -2.15. The molecule has 2 aromatic carbocycles. The number of furan rings is 1. The van der Waals surface area contributed by atoms with Crippen molar-refractivity contribution in [1.29, 1.82) is 0 Å². The number of nitrogens with zero attached hydrogens (tertiary/aromatic N) is 2. The second-order valence-corrected chi connectivity index (χ2v) is 5.97. The van der Waals surface area contributed by atoms with Crippen molar-refractivity contribution in [3.63, 3.8) is 0 Å². The van der Waals surface area contributed by atoms with E-state index in [-0.39, 0.29) is 12.6 Å². The number of hydrogen-bond donors (Lipinski definition) is 2. The van der Waals surface area contributed by atoms with Crippen LogP contribution in [-0.2, 0) is 0 Å². The van der Waals surface area contributed by atoms with Gasteiger partial charge in [0, 0.05) is 10.9 Å². The predicted molar refractivity (Wildman–Crippen MR) is 99.5 cm³/mol. The third-order valence-corrected chi connectivity index (χ3v) is 4.31. The van der Waals surface area contributed by atoms with Gasteiger partial charge in [0.25, 0.3) is 0 Å². The minimum Gasteiger partial charge on any atom is -0.450 e. The molecule has 2 heterocycles. The van der Waals surface area contributed by atoms with Gasteiger partial charge >= 0.3 is 0 Å². The molecule has 0 unspecified atom stereocenters. The average molecular weight is 333 g/mol. The SMILES string of the molecule is CC[C@H](CO)Nc1nc(-c2ccccc2)nc2c1oc1ccccc12. The van der Waals surface area contributed by atoms with E-state index >= 15 is 0 Å². The zero-order valence-electron chi connectivity index (χ0n) is 13.9. The third kappa shape index (κ3) is 2.83. The molecule has 1 atom stereocenters. The van der Waals surface area contributed by atoms with Crippen molar-refractivity contribution >= 4 is 27.9 Å². The summed E-state index contributed by atoms with van der Waals surface area (Å²) in [4.78, 5) is 9.42. The number of fused-ring (bicyclic) bond motifs is 3. The Morgan fingerprint density at radius 3 is 2.56 bits per heavy atom. The van der Waals surface area contributed by atoms with Gasteiger partial charge < -0.3 is 14.8 Å². The lowest BCUT2D eigenvalue weighted by Crippen LogP contribution is -2.23. The van der Waals surface area contributed by atoms with Crippen LogP contribution in [0.2, 0.25) is 0 Å². The monoisotopic (exact) mass is 333 g/mol. The highest BCUT2D eigenvalue weighted by molar-refractivity contribution is 6.06. The van der Waals surface area contributed by atoms with Gasteiger partial charge in [-0.05, 0) is 18.6 Å². The normalized spacial score (nSPS) is 12.6. The first-order valence-electron chi connectivity index (χ1n) is 8.42. The van der Waals surface area contributed by atoms with E-state index in [2.05, 4.69) is 10.3 Å². The van der Waals surface area contributed by atoms with E-state index in [1.165, 1.54) is 0 Å². The van der Waals surface area contributed by atoms with E-state index in [4.69, 9.17) is 9.40 Å². The van der Waals surface area contributed by atoms with Crippen LogP contribution in [0.1, 0.15) is 13.3 Å². The molecule has 2 aromatic heterocycles. The van der Waals surface area contributed by atoms with E-state index in [0.29, 0.717) is 17.2 Å². The van der Waals surface area contributed by atoms with Crippen LogP contribution in [0.4, 0.5) is 5.82 Å². The van der Waals surface area contributed by atoms with E-state index in [9.17, 15) is 5.11 Å². The minimum absolute atomic E-state index is 0.0306. The highest BCUT2D eigenvalue weighted by atomic mass is 16.3. The van der Waals surface area contributed by atoms with Crippen LogP contribution in [-0.4, -0.2) is 27.7 Å². The Bertz CT molecular complexity index is 1010. The Morgan fingerprint density at radius 1 is 1.04 bits per heavy atom. The van der Waals surface area contributed by atoms with E-state index in [1.807, 2.05) is 61.5 Å². The molecule has 0 radical (unpaired) electrons. The van der Waals surface area contributed by atoms with E-state index in [0.717, 1.165) is 28.5 Å². The number of aromatic nitrogens is 2. The van der Waals surface area contributed by atoms with Gasteiger partial charge in [0.2, 0.25) is 0 Å². The molecular weight excluding hydrogens is 314 g/mol. The number of rotatable bonds is 5. The van der Waals surface area contributed by atoms with Crippen molar-refractivity contribution in [3.05, 3.63) is 54.6 Å². The molecule has 2 N–H and O–H groups in total. The molecule has 0 saturated heterocycles. The Kier molecular flexibility index (Phi) is 4.07. The van der Waals surface area contributed by atoms with Crippen LogP contribution in [0.5, 0.6) is 0 Å². The van der Waals surface area contributed by atoms with Crippen molar-refractivity contribution < 1.29 is 9.52 Å². The molecule has 0 aliphatic heterocycles. The Hall–Kier alpha value is -2.92. The molecule has 5 heteroatoms. The van der Waals surface area contributed by atoms with Gasteiger partial charge in [0.15, 0.2) is 17.2 Å². The highest BCUT2D eigenvalue weighted by Crippen LogP contribution is 2.33. The molecular formula is C20H19N3O2. The predicted octanol–water partition coefficient (Wildman–Crippen LogP) is 4.23. The standard InChI is InChI=1S/C20H19N3O2/c1-2-14(12-24)21-20-18-17(15-10-6-7-11-16(15)25-18)22-19(23-20)13-8-4-3-5-9-13/h3-11,14,24H,2,12H2,1H3,(H,21,22,23)/t14-/m1/s1. The molecule has 0 amide bonds. The van der Waals surface area contributed by atoms with Gasteiger partial charge in [-0.2, -0.15) is 0 Å². The molecule has 25 heavy (non-hydrogen) atoms. The summed E-state index contributed by atoms with van der Waals surface area (Å²) in [5, 5.41) is 13.8. The van der Waals surface area contributed by atoms with Crippen molar-refractivity contribution in [1.82, 2.24) is 9.97 Å². The van der Waals surface area contributed by atoms with Crippen molar-refractivity contribution in [3.8, 4) is 11.4 Å². The van der Waals surface area contributed by atoms with Crippen LogP contribution < -0.4 is 5.32 Å². The van der Waals surface area contributed by atoms with Crippen LogP contribution in [0.3, 0.4) is 0 Å². The van der Waals surface area contributed by atoms with E-state index < -0.39 is 0 Å². The summed E-state index contributed by atoms with van der Waals surface area (Å²) in [7, 11) is 0. The van der Waals surface area contributed by atoms with Crippen LogP contribution in [0, 0.1) is 0 Å². The van der Waals surface area contributed by atoms with Crippen LogP contribution in [0.25, 0.3) is 33.5 Å². The summed E-state index contributed by atoms with van der Waals surface area (Å²) >= 11 is 0. The van der Waals surface area contributed by atoms with Gasteiger partial charge in [-0.15, -0.1) is 0 Å². The fraction of sp³-hybridized carbons (Fsp3) is 0.200. The molecule has 0 bridgehead atoms. The molecule has 0 aliphatic rings. The van der Waals surface area contributed by atoms with Crippen LogP contribution in [0.15, 0.2) is 59.0 Å². The third-order valence-electron chi connectivity index (χ3n) is 4.31. The maximum Gasteiger partial charge on any atom is 0.196 e. The van der Waals surface area contributed by atoms with Crippen molar-refractivity contribution in [2.45, 2.75) is 19.4 Å². The first kappa shape index (κ1) is 15.6. The van der Waals surface area contributed by atoms with Crippen molar-refractivity contribution in [2.24, 2.45) is 0 Å². The summed E-state index contributed by atoms with van der Waals surface area (Å²) in [6.07, 6.45) is 0.781. The second kappa shape index (κ2) is 6.53. The Morgan fingerprint density at radius 2 is 1.80 bits per heavy atom. The lowest BCUT2D eigenvalue weighted by atomic mass is 10.2. The number of benzene rings is 2. The first-order valence-corrected chi connectivity index (χ1v) is 8.42. The fourth-order valence-electron chi connectivity index (χ4n) is 2.88. The number of aliphatic hydroxyl groups excluding tert-OH is 1. The smallest absolute Gasteiger partial charge is 0.196 e. The molecule has 0 spiro atoms. The average Bonchev–Trinajstić information content (AvgIpc) is 3.05. The fourth-order valence-corrected chi connectivity index (χ4v) is 2.88. The van der Waals surface area contributed by atoms with Gasteiger partial charge in [-0.25, -0.2) is 9.97 Å². The molecule has 0 aliphatic carbocycles. The minimum atomic E-state index is -0.0880. The van der Waals surface area contributed by atoms with E-state index in [1.54, 1.807) is 0 Å². The van der Waals surface area contributed by atoms with Gasteiger partial charge in [-0.1, -0.05) is 49.4 Å². The number of para-hydroxylation sites is 1. The number of anilines is 1. The van der Waals surface area contributed by atoms with Gasteiger partial charge in [0.05, 0.1) is 12.6 Å². The summed E-state index contributed by atoms with van der Waals surface area (Å²) in [5.74, 6) is 1.25. The topological polar surface area (TPSA) is 71.2 Å². The summed E-state index contributed by atoms with van der Waals surface area (Å²) in [6, 6.07) is 17.6. The molecule has 0 saturated carbocycles. The summed E-state index contributed by atoms with van der Waals surface area (Å²) in [6.45, 7) is 2.05. The Balaban J connectivity index is 1.97. The molecule has 4 aromatic rings. The first-order chi connectivity index (χ1) is 12.3.